The zero-order chi connectivity index (χ0) is 16.8. The van der Waals surface area contributed by atoms with Gasteiger partial charge in [-0.25, -0.2) is 4.98 Å². The van der Waals surface area contributed by atoms with Crippen molar-refractivity contribution in [1.29, 1.82) is 0 Å². The second kappa shape index (κ2) is 5.21. The van der Waals surface area contributed by atoms with E-state index in [0.717, 1.165) is 38.8 Å². The molecule has 0 saturated carbocycles. The molecule has 5 heteroatoms. The highest BCUT2D eigenvalue weighted by Gasteiger charge is 2.12. The second-order valence-electron chi connectivity index (χ2n) is 5.99. The standard InChI is InChI=1S/C20H14N4O/c25-18-11-16(13-4-3-5-14(10-13)24-9-8-21-12-24)20-19(23-18)15-6-1-2-7-17(15)22-20/h1-12,22H,(H,23,25). The molecule has 0 unspecified atom stereocenters. The molecule has 0 fully saturated rings. The first-order valence-electron chi connectivity index (χ1n) is 8.02. The number of imidazole rings is 1. The van der Waals surface area contributed by atoms with Crippen molar-refractivity contribution in [3.05, 3.63) is 83.7 Å². The molecule has 3 aromatic heterocycles. The summed E-state index contributed by atoms with van der Waals surface area (Å²) in [6.07, 6.45) is 5.40. The Morgan fingerprint density at radius 1 is 0.920 bits per heavy atom. The minimum absolute atomic E-state index is 0.111. The van der Waals surface area contributed by atoms with Crippen LogP contribution in [0.2, 0.25) is 0 Å². The summed E-state index contributed by atoms with van der Waals surface area (Å²) < 4.78 is 1.94. The summed E-state index contributed by atoms with van der Waals surface area (Å²) in [5.74, 6) is 0. The van der Waals surface area contributed by atoms with Crippen LogP contribution in [0.4, 0.5) is 0 Å². The summed E-state index contributed by atoms with van der Waals surface area (Å²) in [6.45, 7) is 0. The molecule has 0 amide bonds. The Kier molecular flexibility index (Phi) is 2.87. The molecule has 0 spiro atoms. The van der Waals surface area contributed by atoms with E-state index in [-0.39, 0.29) is 5.56 Å². The summed E-state index contributed by atoms with van der Waals surface area (Å²) in [5, 5.41) is 1.02. The van der Waals surface area contributed by atoms with Crippen LogP contribution in [0, 0.1) is 0 Å². The van der Waals surface area contributed by atoms with E-state index in [1.165, 1.54) is 0 Å². The Labute approximate surface area is 142 Å². The largest absolute Gasteiger partial charge is 0.353 e. The molecule has 0 aliphatic rings. The minimum atomic E-state index is -0.111. The third kappa shape index (κ3) is 2.17. The van der Waals surface area contributed by atoms with Gasteiger partial charge in [-0.3, -0.25) is 4.79 Å². The van der Waals surface area contributed by atoms with E-state index in [0.29, 0.717) is 0 Å². The lowest BCUT2D eigenvalue weighted by Crippen LogP contribution is -2.04. The zero-order valence-corrected chi connectivity index (χ0v) is 13.2. The van der Waals surface area contributed by atoms with E-state index in [1.807, 2.05) is 53.2 Å². The third-order valence-corrected chi connectivity index (χ3v) is 4.46. The second-order valence-corrected chi connectivity index (χ2v) is 5.99. The van der Waals surface area contributed by atoms with Gasteiger partial charge in [-0.15, -0.1) is 0 Å². The van der Waals surface area contributed by atoms with E-state index < -0.39 is 0 Å². The fourth-order valence-electron chi connectivity index (χ4n) is 3.31. The first kappa shape index (κ1) is 13.8. The lowest BCUT2D eigenvalue weighted by atomic mass is 10.0. The molecule has 0 atom stereocenters. The average molecular weight is 326 g/mol. The van der Waals surface area contributed by atoms with Crippen LogP contribution in [0.1, 0.15) is 0 Å². The lowest BCUT2D eigenvalue weighted by molar-refractivity contribution is 1.06. The molecular weight excluding hydrogens is 312 g/mol. The summed E-state index contributed by atoms with van der Waals surface area (Å²) in [5.41, 5.74) is 5.53. The lowest BCUT2D eigenvalue weighted by Gasteiger charge is -2.07. The number of hydrogen-bond acceptors (Lipinski definition) is 2. The summed E-state index contributed by atoms with van der Waals surface area (Å²) in [6, 6.07) is 17.7. The molecule has 0 bridgehead atoms. The monoisotopic (exact) mass is 326 g/mol. The Balaban J connectivity index is 1.81. The smallest absolute Gasteiger partial charge is 0.249 e. The van der Waals surface area contributed by atoms with Crippen LogP contribution in [0.15, 0.2) is 78.1 Å². The van der Waals surface area contributed by atoms with Crippen LogP contribution in [0.5, 0.6) is 0 Å². The SMILES string of the molecule is O=c1cc(-c2cccc(-n3ccnc3)c2)c2[nH]c3ccccc3c2[nH]1. The number of pyridine rings is 1. The number of rotatable bonds is 2. The van der Waals surface area contributed by atoms with Crippen molar-refractivity contribution < 1.29 is 0 Å². The van der Waals surface area contributed by atoms with Gasteiger partial charge in [0.05, 0.1) is 17.4 Å². The van der Waals surface area contributed by atoms with Gasteiger partial charge < -0.3 is 14.5 Å². The van der Waals surface area contributed by atoms with Gasteiger partial charge in [0.1, 0.15) is 0 Å². The molecule has 0 aliphatic carbocycles. The van der Waals surface area contributed by atoms with Gasteiger partial charge in [0, 0.05) is 40.6 Å². The van der Waals surface area contributed by atoms with Gasteiger partial charge in [-0.05, 0) is 23.8 Å². The van der Waals surface area contributed by atoms with Crippen LogP contribution < -0.4 is 5.56 Å². The van der Waals surface area contributed by atoms with Crippen molar-refractivity contribution in [1.82, 2.24) is 19.5 Å². The number of nitrogens with one attached hydrogen (secondary N) is 2. The molecule has 25 heavy (non-hydrogen) atoms. The van der Waals surface area contributed by atoms with Crippen molar-refractivity contribution in [2.24, 2.45) is 0 Å². The van der Waals surface area contributed by atoms with E-state index in [4.69, 9.17) is 0 Å². The molecule has 0 radical (unpaired) electrons. The van der Waals surface area contributed by atoms with Crippen LogP contribution >= 0.6 is 0 Å². The maximum absolute atomic E-state index is 12.2. The van der Waals surface area contributed by atoms with Crippen LogP contribution in [-0.4, -0.2) is 19.5 Å². The summed E-state index contributed by atoms with van der Waals surface area (Å²) in [7, 11) is 0. The zero-order valence-electron chi connectivity index (χ0n) is 13.2. The number of aromatic nitrogens is 4. The maximum Gasteiger partial charge on any atom is 0.249 e. The Bertz CT molecular complexity index is 1260. The van der Waals surface area contributed by atoms with Crippen molar-refractivity contribution in [3.8, 4) is 16.8 Å². The number of H-pyrrole nitrogens is 2. The Morgan fingerprint density at radius 2 is 1.84 bits per heavy atom. The quantitative estimate of drug-likeness (QED) is 0.517. The first-order chi connectivity index (χ1) is 12.3. The molecule has 3 heterocycles. The van der Waals surface area contributed by atoms with Crippen LogP contribution in [0.3, 0.4) is 0 Å². The number of benzene rings is 2. The van der Waals surface area contributed by atoms with E-state index in [9.17, 15) is 4.79 Å². The van der Waals surface area contributed by atoms with E-state index >= 15 is 0 Å². The molecule has 0 aliphatic heterocycles. The van der Waals surface area contributed by atoms with E-state index in [1.54, 1.807) is 18.6 Å². The Hall–Kier alpha value is -3.60. The van der Waals surface area contributed by atoms with Gasteiger partial charge in [0.25, 0.3) is 0 Å². The van der Waals surface area contributed by atoms with Gasteiger partial charge in [-0.2, -0.15) is 0 Å². The summed E-state index contributed by atoms with van der Waals surface area (Å²) >= 11 is 0. The number of para-hydroxylation sites is 1. The highest BCUT2D eigenvalue weighted by Crippen LogP contribution is 2.31. The van der Waals surface area contributed by atoms with Gasteiger partial charge in [-0.1, -0.05) is 30.3 Å². The molecule has 5 rings (SSSR count). The highest BCUT2D eigenvalue weighted by molar-refractivity contribution is 6.09. The summed E-state index contributed by atoms with van der Waals surface area (Å²) in [4.78, 5) is 22.7. The predicted molar refractivity (Wildman–Crippen MR) is 99.0 cm³/mol. The fourth-order valence-corrected chi connectivity index (χ4v) is 3.31. The van der Waals surface area contributed by atoms with Crippen molar-refractivity contribution >= 4 is 21.9 Å². The first-order valence-corrected chi connectivity index (χ1v) is 8.02. The van der Waals surface area contributed by atoms with Gasteiger partial charge in [0.15, 0.2) is 0 Å². The van der Waals surface area contributed by atoms with Crippen LogP contribution in [-0.2, 0) is 0 Å². The minimum Gasteiger partial charge on any atom is -0.353 e. The molecule has 2 aromatic carbocycles. The third-order valence-electron chi connectivity index (χ3n) is 4.46. The predicted octanol–water partition coefficient (Wildman–Crippen LogP) is 3.86. The highest BCUT2D eigenvalue weighted by atomic mass is 16.1. The van der Waals surface area contributed by atoms with Crippen molar-refractivity contribution in [2.75, 3.05) is 0 Å². The van der Waals surface area contributed by atoms with Gasteiger partial charge >= 0.3 is 0 Å². The molecular formula is C20H14N4O. The van der Waals surface area contributed by atoms with Gasteiger partial charge in [0.2, 0.25) is 5.56 Å². The molecule has 2 N–H and O–H groups in total. The number of aromatic amines is 2. The van der Waals surface area contributed by atoms with Crippen LogP contribution in [0.25, 0.3) is 38.8 Å². The molecule has 5 aromatic rings. The molecule has 120 valence electrons. The topological polar surface area (TPSA) is 66.5 Å². The van der Waals surface area contributed by atoms with Crippen molar-refractivity contribution in [3.63, 3.8) is 0 Å². The Morgan fingerprint density at radius 3 is 2.72 bits per heavy atom. The van der Waals surface area contributed by atoms with Crippen molar-refractivity contribution in [2.45, 2.75) is 0 Å². The number of fused-ring (bicyclic) bond motifs is 3. The average Bonchev–Trinajstić information content (AvgIpc) is 3.29. The molecule has 0 saturated heterocycles. The number of hydrogen-bond donors (Lipinski definition) is 2. The maximum atomic E-state index is 12.2. The molecule has 5 nitrogen and oxygen atoms in total. The fraction of sp³-hybridized carbons (Fsp3) is 0. The normalized spacial score (nSPS) is 11.4. The van der Waals surface area contributed by atoms with E-state index in [2.05, 4.69) is 21.0 Å². The number of nitrogens with zero attached hydrogens (tertiary/aromatic N) is 2.